The fraction of sp³-hybridized carbons (Fsp3) is 0.294. The summed E-state index contributed by atoms with van der Waals surface area (Å²) in [6.45, 7) is 2.02. The van der Waals surface area contributed by atoms with Crippen molar-refractivity contribution in [1.82, 2.24) is 0 Å². The van der Waals surface area contributed by atoms with Crippen LogP contribution in [-0.2, 0) is 6.42 Å². The Morgan fingerprint density at radius 1 is 1.00 bits per heavy atom. The van der Waals surface area contributed by atoms with E-state index in [1.54, 1.807) is 14.2 Å². The summed E-state index contributed by atoms with van der Waals surface area (Å²) < 4.78 is 10.5. The highest BCUT2D eigenvalue weighted by Gasteiger charge is 2.11. The van der Waals surface area contributed by atoms with E-state index in [4.69, 9.17) is 21.1 Å². The van der Waals surface area contributed by atoms with Gasteiger partial charge in [0, 0.05) is 0 Å². The number of benzene rings is 2. The van der Waals surface area contributed by atoms with Gasteiger partial charge in [-0.2, -0.15) is 0 Å². The van der Waals surface area contributed by atoms with E-state index in [1.807, 2.05) is 43.3 Å². The van der Waals surface area contributed by atoms with Crippen molar-refractivity contribution in [3.8, 4) is 11.5 Å². The highest BCUT2D eigenvalue weighted by Crippen LogP contribution is 2.30. The van der Waals surface area contributed by atoms with E-state index in [9.17, 15) is 0 Å². The maximum atomic E-state index is 6.51. The van der Waals surface area contributed by atoms with Crippen molar-refractivity contribution >= 4 is 11.6 Å². The van der Waals surface area contributed by atoms with Gasteiger partial charge in [0.1, 0.15) is 11.5 Å². The van der Waals surface area contributed by atoms with Gasteiger partial charge in [0.25, 0.3) is 0 Å². The second-order valence-electron chi connectivity index (χ2n) is 4.75. The molecule has 0 amide bonds. The van der Waals surface area contributed by atoms with E-state index < -0.39 is 0 Å². The Morgan fingerprint density at radius 3 is 2.30 bits per heavy atom. The lowest BCUT2D eigenvalue weighted by atomic mass is 10.0. The lowest BCUT2D eigenvalue weighted by Crippen LogP contribution is -1.98. The first kappa shape index (κ1) is 14.7. The molecule has 0 aliphatic carbocycles. The van der Waals surface area contributed by atoms with Crippen LogP contribution in [0.15, 0.2) is 42.5 Å². The Morgan fingerprint density at radius 2 is 1.70 bits per heavy atom. The van der Waals surface area contributed by atoms with Gasteiger partial charge < -0.3 is 9.47 Å². The molecule has 0 aliphatic heterocycles. The summed E-state index contributed by atoms with van der Waals surface area (Å²) in [5.41, 5.74) is 3.37. The van der Waals surface area contributed by atoms with Gasteiger partial charge in [-0.05, 0) is 48.2 Å². The maximum absolute atomic E-state index is 6.51. The number of halogens is 1. The third kappa shape index (κ3) is 3.45. The molecule has 0 spiro atoms. The van der Waals surface area contributed by atoms with E-state index in [2.05, 4.69) is 6.07 Å². The van der Waals surface area contributed by atoms with E-state index in [-0.39, 0.29) is 5.38 Å². The molecule has 0 fully saturated rings. The summed E-state index contributed by atoms with van der Waals surface area (Å²) >= 11 is 6.51. The molecule has 0 saturated carbocycles. The molecule has 0 bridgehead atoms. The average molecular weight is 291 g/mol. The number of ether oxygens (including phenoxy) is 2. The molecule has 2 nitrogen and oxygen atoms in total. The molecule has 2 aromatic carbocycles. The van der Waals surface area contributed by atoms with Crippen molar-refractivity contribution in [2.75, 3.05) is 14.2 Å². The highest BCUT2D eigenvalue weighted by molar-refractivity contribution is 6.20. The summed E-state index contributed by atoms with van der Waals surface area (Å²) in [6.07, 6.45) is 0.776. The van der Waals surface area contributed by atoms with Crippen LogP contribution in [0.1, 0.15) is 22.1 Å². The van der Waals surface area contributed by atoms with Crippen LogP contribution in [0, 0.1) is 6.92 Å². The zero-order chi connectivity index (χ0) is 14.5. The largest absolute Gasteiger partial charge is 0.497 e. The van der Waals surface area contributed by atoms with Crippen LogP contribution in [0.3, 0.4) is 0 Å². The number of hydrogen-bond donors (Lipinski definition) is 0. The first-order valence-electron chi connectivity index (χ1n) is 6.55. The van der Waals surface area contributed by atoms with Gasteiger partial charge in [-0.1, -0.05) is 24.3 Å². The molecule has 1 unspecified atom stereocenters. The standard InChI is InChI=1S/C17H19ClO2/c1-12-4-7-14(11-17(12)20-3)16(18)10-13-5-8-15(19-2)9-6-13/h4-9,11,16H,10H2,1-3H3. The van der Waals surface area contributed by atoms with Gasteiger partial charge in [0.15, 0.2) is 0 Å². The molecule has 0 saturated heterocycles. The van der Waals surface area contributed by atoms with Crippen molar-refractivity contribution in [3.05, 3.63) is 59.2 Å². The number of alkyl halides is 1. The van der Waals surface area contributed by atoms with Crippen molar-refractivity contribution < 1.29 is 9.47 Å². The summed E-state index contributed by atoms with van der Waals surface area (Å²) in [4.78, 5) is 0. The first-order chi connectivity index (χ1) is 9.63. The van der Waals surface area contributed by atoms with Gasteiger partial charge in [-0.15, -0.1) is 11.6 Å². The predicted molar refractivity (Wildman–Crippen MR) is 83.0 cm³/mol. The van der Waals surface area contributed by atoms with Gasteiger partial charge in [0.05, 0.1) is 19.6 Å². The topological polar surface area (TPSA) is 18.5 Å². The quantitative estimate of drug-likeness (QED) is 0.753. The minimum Gasteiger partial charge on any atom is -0.497 e. The molecular weight excluding hydrogens is 272 g/mol. The fourth-order valence-electron chi connectivity index (χ4n) is 2.12. The lowest BCUT2D eigenvalue weighted by Gasteiger charge is -2.13. The zero-order valence-electron chi connectivity index (χ0n) is 12.0. The normalized spacial score (nSPS) is 12.0. The lowest BCUT2D eigenvalue weighted by molar-refractivity contribution is 0.411. The van der Waals surface area contributed by atoms with E-state index in [1.165, 1.54) is 5.56 Å². The Kier molecular flexibility index (Phi) is 4.91. The van der Waals surface area contributed by atoms with E-state index in [0.717, 1.165) is 29.0 Å². The molecule has 2 aromatic rings. The molecule has 20 heavy (non-hydrogen) atoms. The molecule has 2 rings (SSSR count). The molecule has 0 N–H and O–H groups in total. The molecule has 0 aliphatic rings. The number of hydrogen-bond acceptors (Lipinski definition) is 2. The van der Waals surface area contributed by atoms with Gasteiger partial charge in [0.2, 0.25) is 0 Å². The summed E-state index contributed by atoms with van der Waals surface area (Å²) in [6, 6.07) is 14.1. The monoisotopic (exact) mass is 290 g/mol. The molecular formula is C17H19ClO2. The van der Waals surface area contributed by atoms with Crippen LogP contribution in [0.25, 0.3) is 0 Å². The van der Waals surface area contributed by atoms with Gasteiger partial charge >= 0.3 is 0 Å². The Bertz CT molecular complexity index is 564. The second kappa shape index (κ2) is 6.67. The summed E-state index contributed by atoms with van der Waals surface area (Å²) in [5, 5.41) is -0.0714. The molecule has 0 radical (unpaired) electrons. The third-order valence-corrected chi connectivity index (χ3v) is 3.77. The fourth-order valence-corrected chi connectivity index (χ4v) is 2.43. The van der Waals surface area contributed by atoms with Crippen LogP contribution < -0.4 is 9.47 Å². The van der Waals surface area contributed by atoms with E-state index in [0.29, 0.717) is 0 Å². The van der Waals surface area contributed by atoms with Crippen LogP contribution in [0.4, 0.5) is 0 Å². The van der Waals surface area contributed by atoms with Crippen LogP contribution in [0.2, 0.25) is 0 Å². The van der Waals surface area contributed by atoms with Gasteiger partial charge in [-0.3, -0.25) is 0 Å². The summed E-state index contributed by atoms with van der Waals surface area (Å²) in [7, 11) is 3.34. The van der Waals surface area contributed by atoms with Crippen LogP contribution in [-0.4, -0.2) is 14.2 Å². The molecule has 1 atom stereocenters. The SMILES string of the molecule is COc1ccc(CC(Cl)c2ccc(C)c(OC)c2)cc1. The predicted octanol–water partition coefficient (Wildman–Crippen LogP) is 4.53. The first-order valence-corrected chi connectivity index (χ1v) is 6.99. The van der Waals surface area contributed by atoms with Gasteiger partial charge in [-0.25, -0.2) is 0 Å². The van der Waals surface area contributed by atoms with Crippen molar-refractivity contribution in [2.24, 2.45) is 0 Å². The van der Waals surface area contributed by atoms with Crippen LogP contribution >= 0.6 is 11.6 Å². The minimum atomic E-state index is -0.0714. The second-order valence-corrected chi connectivity index (χ2v) is 5.28. The number of aryl methyl sites for hydroxylation is 1. The van der Waals surface area contributed by atoms with Crippen molar-refractivity contribution in [1.29, 1.82) is 0 Å². The maximum Gasteiger partial charge on any atom is 0.122 e. The smallest absolute Gasteiger partial charge is 0.122 e. The number of methoxy groups -OCH3 is 2. The molecule has 106 valence electrons. The van der Waals surface area contributed by atoms with Crippen molar-refractivity contribution in [2.45, 2.75) is 18.7 Å². The molecule has 0 aromatic heterocycles. The zero-order valence-corrected chi connectivity index (χ0v) is 12.8. The van der Waals surface area contributed by atoms with Crippen LogP contribution in [0.5, 0.6) is 11.5 Å². The minimum absolute atomic E-state index is 0.0714. The Hall–Kier alpha value is -1.67. The third-order valence-electron chi connectivity index (χ3n) is 3.37. The average Bonchev–Trinajstić information content (AvgIpc) is 2.48. The Balaban J connectivity index is 2.12. The molecule has 3 heteroatoms. The molecule has 0 heterocycles. The highest BCUT2D eigenvalue weighted by atomic mass is 35.5. The van der Waals surface area contributed by atoms with Crippen molar-refractivity contribution in [3.63, 3.8) is 0 Å². The number of rotatable bonds is 5. The Labute approximate surface area is 125 Å². The summed E-state index contributed by atoms with van der Waals surface area (Å²) in [5.74, 6) is 1.74. The van der Waals surface area contributed by atoms with E-state index >= 15 is 0 Å².